The topological polar surface area (TPSA) is 95.9 Å². The van der Waals surface area contributed by atoms with E-state index in [1.54, 1.807) is 0 Å². The summed E-state index contributed by atoms with van der Waals surface area (Å²) in [6, 6.07) is -0.553. The molecule has 0 aromatic rings. The van der Waals surface area contributed by atoms with Crippen LogP contribution in [-0.2, 0) is 14.3 Å². The zero-order chi connectivity index (χ0) is 40.1. The summed E-state index contributed by atoms with van der Waals surface area (Å²) in [5.41, 5.74) is 0. The van der Waals surface area contributed by atoms with Crippen molar-refractivity contribution in [3.8, 4) is 0 Å². The van der Waals surface area contributed by atoms with Crippen LogP contribution in [0.1, 0.15) is 264 Å². The van der Waals surface area contributed by atoms with E-state index in [2.05, 4.69) is 31.3 Å². The molecule has 0 bridgehead atoms. The van der Waals surface area contributed by atoms with Gasteiger partial charge in [-0.2, -0.15) is 0 Å². The van der Waals surface area contributed by atoms with Gasteiger partial charge in [-0.05, 0) is 51.4 Å². The van der Waals surface area contributed by atoms with Crippen LogP contribution in [0.5, 0.6) is 0 Å². The third-order valence-corrected chi connectivity index (χ3v) is 11.3. The maximum absolute atomic E-state index is 12.4. The second-order valence-electron chi connectivity index (χ2n) is 16.8. The number of aliphatic hydroxyl groups is 2. The lowest BCUT2D eigenvalue weighted by molar-refractivity contribution is -0.143. The number of carbonyl (C=O) groups is 2. The number of amides is 1. The summed E-state index contributed by atoms with van der Waals surface area (Å²) < 4.78 is 5.46. The average Bonchev–Trinajstić information content (AvgIpc) is 3.18. The van der Waals surface area contributed by atoms with E-state index in [0.29, 0.717) is 25.9 Å². The van der Waals surface area contributed by atoms with Gasteiger partial charge in [0.05, 0.1) is 25.4 Å². The molecule has 1 amide bonds. The molecule has 6 nitrogen and oxygen atoms in total. The summed E-state index contributed by atoms with van der Waals surface area (Å²) in [5.74, 6) is -0.0729. The molecule has 0 aromatic heterocycles. The molecule has 2 unspecified atom stereocenters. The maximum Gasteiger partial charge on any atom is 0.305 e. The minimum atomic E-state index is -0.674. The number of hydrogen-bond donors (Lipinski definition) is 3. The first kappa shape index (κ1) is 53.6. The Labute approximate surface area is 342 Å². The number of unbranched alkanes of at least 4 members (excludes halogenated alkanes) is 32. The smallest absolute Gasteiger partial charge is 0.305 e. The second-order valence-corrected chi connectivity index (χ2v) is 16.8. The zero-order valence-corrected chi connectivity index (χ0v) is 36.9. The highest BCUT2D eigenvalue weighted by atomic mass is 16.5. The Hall–Kier alpha value is -1.40. The van der Waals surface area contributed by atoms with Gasteiger partial charge >= 0.3 is 5.97 Å². The number of rotatable bonds is 45. The lowest BCUT2D eigenvalue weighted by Gasteiger charge is -2.22. The van der Waals surface area contributed by atoms with Crippen molar-refractivity contribution in [3.63, 3.8) is 0 Å². The standard InChI is InChI=1S/C49H95NO5/c1-3-5-7-9-11-13-15-16-17-18-19-20-23-27-31-35-39-43-49(54)55-44-40-36-32-28-24-21-22-26-30-34-38-42-48(53)50-46(45-51)47(52)41-37-33-29-25-14-12-10-8-6-4-2/h16-17,46-47,51-52H,3-15,18-45H2,1-2H3,(H,50,53)/b17-16-. The first-order chi connectivity index (χ1) is 27.0. The Balaban J connectivity index is 3.44. The normalized spacial score (nSPS) is 12.7. The van der Waals surface area contributed by atoms with Gasteiger partial charge in [0.25, 0.3) is 0 Å². The molecule has 326 valence electrons. The SMILES string of the molecule is CCCCCCCC/C=C\CCCCCCCCCC(=O)OCCCCCCCCCCCCCC(=O)NC(CO)C(O)CCCCCCCCCCCC. The molecule has 0 heterocycles. The van der Waals surface area contributed by atoms with E-state index in [4.69, 9.17) is 4.74 Å². The van der Waals surface area contributed by atoms with Crippen LogP contribution in [0.25, 0.3) is 0 Å². The molecule has 0 aliphatic heterocycles. The molecule has 2 atom stereocenters. The van der Waals surface area contributed by atoms with E-state index in [1.165, 1.54) is 173 Å². The van der Waals surface area contributed by atoms with Gasteiger partial charge in [-0.1, -0.05) is 212 Å². The molecule has 0 spiro atoms. The summed E-state index contributed by atoms with van der Waals surface area (Å²) in [4.78, 5) is 24.4. The van der Waals surface area contributed by atoms with Crippen molar-refractivity contribution in [2.75, 3.05) is 13.2 Å². The van der Waals surface area contributed by atoms with Crippen molar-refractivity contribution in [2.45, 2.75) is 276 Å². The first-order valence-corrected chi connectivity index (χ1v) is 24.4. The van der Waals surface area contributed by atoms with Gasteiger partial charge in [0.15, 0.2) is 0 Å². The number of carbonyl (C=O) groups excluding carboxylic acids is 2. The third-order valence-electron chi connectivity index (χ3n) is 11.3. The number of ether oxygens (including phenoxy) is 1. The van der Waals surface area contributed by atoms with E-state index in [9.17, 15) is 19.8 Å². The fraction of sp³-hybridized carbons (Fsp3) is 0.918. The van der Waals surface area contributed by atoms with Crippen LogP contribution < -0.4 is 5.32 Å². The summed E-state index contributed by atoms with van der Waals surface area (Å²) >= 11 is 0. The van der Waals surface area contributed by atoms with Gasteiger partial charge in [-0.15, -0.1) is 0 Å². The highest BCUT2D eigenvalue weighted by Crippen LogP contribution is 2.16. The largest absolute Gasteiger partial charge is 0.466 e. The van der Waals surface area contributed by atoms with Crippen LogP contribution >= 0.6 is 0 Å². The molecule has 0 aliphatic carbocycles. The van der Waals surface area contributed by atoms with Crippen molar-refractivity contribution in [3.05, 3.63) is 12.2 Å². The van der Waals surface area contributed by atoms with Crippen molar-refractivity contribution in [2.24, 2.45) is 0 Å². The van der Waals surface area contributed by atoms with E-state index in [0.717, 1.165) is 57.8 Å². The van der Waals surface area contributed by atoms with Gasteiger partial charge in [0.1, 0.15) is 0 Å². The minimum absolute atomic E-state index is 0.0173. The molecular formula is C49H95NO5. The maximum atomic E-state index is 12.4. The molecule has 0 radical (unpaired) electrons. The summed E-state index contributed by atoms with van der Waals surface area (Å²) in [7, 11) is 0. The Morgan fingerprint density at radius 2 is 0.855 bits per heavy atom. The second kappa shape index (κ2) is 45.3. The number of esters is 1. The van der Waals surface area contributed by atoms with Gasteiger partial charge in [-0.3, -0.25) is 9.59 Å². The van der Waals surface area contributed by atoms with Crippen LogP contribution in [-0.4, -0.2) is 47.4 Å². The lowest BCUT2D eigenvalue weighted by Crippen LogP contribution is -2.45. The summed E-state index contributed by atoms with van der Waals surface area (Å²) in [6.45, 7) is 4.89. The Morgan fingerprint density at radius 1 is 0.491 bits per heavy atom. The van der Waals surface area contributed by atoms with Crippen LogP contribution in [0.4, 0.5) is 0 Å². The van der Waals surface area contributed by atoms with Gasteiger partial charge in [0, 0.05) is 12.8 Å². The van der Waals surface area contributed by atoms with Gasteiger partial charge in [0.2, 0.25) is 5.91 Å². The lowest BCUT2D eigenvalue weighted by atomic mass is 10.0. The van der Waals surface area contributed by atoms with E-state index in [1.807, 2.05) is 0 Å². The Morgan fingerprint density at radius 3 is 1.29 bits per heavy atom. The summed E-state index contributed by atoms with van der Waals surface area (Å²) in [5, 5.41) is 23.1. The van der Waals surface area contributed by atoms with Crippen LogP contribution in [0.2, 0.25) is 0 Å². The highest BCUT2D eigenvalue weighted by molar-refractivity contribution is 5.76. The van der Waals surface area contributed by atoms with Crippen molar-refractivity contribution < 1.29 is 24.5 Å². The predicted octanol–water partition coefficient (Wildman–Crippen LogP) is 14.2. The number of allylic oxidation sites excluding steroid dienone is 2. The van der Waals surface area contributed by atoms with E-state index >= 15 is 0 Å². The number of aliphatic hydroxyl groups excluding tert-OH is 2. The van der Waals surface area contributed by atoms with E-state index in [-0.39, 0.29) is 18.5 Å². The molecule has 0 aromatic carbocycles. The van der Waals surface area contributed by atoms with Gasteiger partial charge < -0.3 is 20.3 Å². The van der Waals surface area contributed by atoms with Gasteiger partial charge in [-0.25, -0.2) is 0 Å². The molecule has 0 saturated heterocycles. The molecule has 0 saturated carbocycles. The fourth-order valence-electron chi connectivity index (χ4n) is 7.51. The van der Waals surface area contributed by atoms with E-state index < -0.39 is 12.1 Å². The average molecular weight is 778 g/mol. The van der Waals surface area contributed by atoms with Crippen LogP contribution in [0.15, 0.2) is 12.2 Å². The Bertz CT molecular complexity index is 817. The number of hydrogen-bond acceptors (Lipinski definition) is 5. The molecule has 0 fully saturated rings. The van der Waals surface area contributed by atoms with Crippen molar-refractivity contribution in [1.29, 1.82) is 0 Å². The van der Waals surface area contributed by atoms with Crippen molar-refractivity contribution in [1.82, 2.24) is 5.32 Å². The third kappa shape index (κ3) is 42.0. The van der Waals surface area contributed by atoms with Crippen LogP contribution in [0, 0.1) is 0 Å². The predicted molar refractivity (Wildman–Crippen MR) is 237 cm³/mol. The quantitative estimate of drug-likeness (QED) is 0.0325. The first-order valence-electron chi connectivity index (χ1n) is 24.4. The molecule has 0 aliphatic rings. The fourth-order valence-corrected chi connectivity index (χ4v) is 7.51. The molecule has 6 heteroatoms. The van der Waals surface area contributed by atoms with Crippen LogP contribution in [0.3, 0.4) is 0 Å². The molecular weight excluding hydrogens is 683 g/mol. The Kier molecular flexibility index (Phi) is 44.2. The monoisotopic (exact) mass is 778 g/mol. The molecule has 0 rings (SSSR count). The number of nitrogens with one attached hydrogen (secondary N) is 1. The molecule has 55 heavy (non-hydrogen) atoms. The zero-order valence-electron chi connectivity index (χ0n) is 36.9. The highest BCUT2D eigenvalue weighted by Gasteiger charge is 2.20. The summed E-state index contributed by atoms with van der Waals surface area (Å²) in [6.07, 6.45) is 50.3. The molecule has 3 N–H and O–H groups in total. The minimum Gasteiger partial charge on any atom is -0.466 e. The van der Waals surface area contributed by atoms with Crippen molar-refractivity contribution >= 4 is 11.9 Å².